The molecule has 0 heterocycles. The molecule has 0 N–H and O–H groups in total. The lowest BCUT2D eigenvalue weighted by Crippen LogP contribution is -2.30. The van der Waals surface area contributed by atoms with E-state index < -0.39 is 12.1 Å². The Morgan fingerprint density at radius 3 is 0.778 bits per heavy atom. The molecule has 6 nitrogen and oxygen atoms in total. The van der Waals surface area contributed by atoms with Crippen LogP contribution in [0.2, 0.25) is 0 Å². The maximum atomic E-state index is 12.8. The molecule has 0 saturated heterocycles. The van der Waals surface area contributed by atoms with Gasteiger partial charge in [0.05, 0.1) is 6.42 Å². The van der Waals surface area contributed by atoms with Gasteiger partial charge in [0.2, 0.25) is 0 Å². The number of rotatable bonds is 54. The lowest BCUT2D eigenvalue weighted by Gasteiger charge is -2.18. The highest BCUT2D eigenvalue weighted by atomic mass is 16.6. The van der Waals surface area contributed by atoms with Gasteiger partial charge < -0.3 is 14.2 Å². The summed E-state index contributed by atoms with van der Waals surface area (Å²) in [5.41, 5.74) is 0. The van der Waals surface area contributed by atoms with Crippen LogP contribution in [0.3, 0.4) is 0 Å². The minimum Gasteiger partial charge on any atom is -0.462 e. The second kappa shape index (κ2) is 66.5. The van der Waals surface area contributed by atoms with E-state index in [1.165, 1.54) is 25.7 Å². The van der Waals surface area contributed by atoms with Crippen molar-refractivity contribution in [3.8, 4) is 0 Å². The van der Waals surface area contributed by atoms with Crippen LogP contribution < -0.4 is 0 Å². The Hall–Kier alpha value is -6.01. The Morgan fingerprint density at radius 1 is 0.259 bits per heavy atom. The lowest BCUT2D eigenvalue weighted by atomic mass is 10.1. The Bertz CT molecular complexity index is 2000. The lowest BCUT2D eigenvalue weighted by molar-refractivity contribution is -0.166. The van der Waals surface area contributed by atoms with Crippen LogP contribution in [0, 0.1) is 0 Å². The first kappa shape index (κ1) is 75.0. The topological polar surface area (TPSA) is 78.9 Å². The molecule has 0 aliphatic rings. The van der Waals surface area contributed by atoms with Gasteiger partial charge in [-0.2, -0.15) is 0 Å². The first-order valence-corrected chi connectivity index (χ1v) is 31.6. The first-order valence-electron chi connectivity index (χ1n) is 31.6. The van der Waals surface area contributed by atoms with Crippen LogP contribution in [-0.4, -0.2) is 37.2 Å². The van der Waals surface area contributed by atoms with E-state index in [-0.39, 0.29) is 38.0 Å². The van der Waals surface area contributed by atoms with Gasteiger partial charge in [0.25, 0.3) is 0 Å². The molecular weight excluding hydrogens is 997 g/mol. The van der Waals surface area contributed by atoms with Crippen molar-refractivity contribution in [2.75, 3.05) is 13.2 Å². The summed E-state index contributed by atoms with van der Waals surface area (Å²) < 4.78 is 16.7. The van der Waals surface area contributed by atoms with E-state index in [2.05, 4.69) is 215 Å². The smallest absolute Gasteiger partial charge is 0.310 e. The fourth-order valence-corrected chi connectivity index (χ4v) is 7.70. The number of esters is 3. The maximum Gasteiger partial charge on any atom is 0.310 e. The molecule has 0 amide bonds. The molecule has 0 saturated carbocycles. The largest absolute Gasteiger partial charge is 0.462 e. The molecule has 448 valence electrons. The Morgan fingerprint density at radius 2 is 0.481 bits per heavy atom. The number of carbonyl (C=O) groups is 3. The Labute approximate surface area is 496 Å². The molecule has 0 rings (SSSR count). The van der Waals surface area contributed by atoms with E-state index in [9.17, 15) is 14.4 Å². The molecule has 1 atom stereocenters. The summed E-state index contributed by atoms with van der Waals surface area (Å²) in [7, 11) is 0. The van der Waals surface area contributed by atoms with Gasteiger partial charge in [-0.15, -0.1) is 0 Å². The van der Waals surface area contributed by atoms with E-state index in [0.29, 0.717) is 19.3 Å². The minimum absolute atomic E-state index is 0.0748. The van der Waals surface area contributed by atoms with E-state index in [0.717, 1.165) is 148 Å². The number of unbranched alkanes of at least 4 members (excludes halogenated alkanes) is 10. The SMILES string of the molecule is CC/C=C\C/C=C\C/C=C\C/C=C\C/C=C\C/C=C\C/C=C\C/C=C\CCCCCCCCCCC(=O)OCC(COC(=O)CCCC/C=C\C/C=C\C/C=C\C/C=C\CC)OC(=O)C/C=C\C/C=C\C/C=C\C/C=C\C/C=C\CC. The molecule has 0 radical (unpaired) electrons. The van der Waals surface area contributed by atoms with Gasteiger partial charge in [0.1, 0.15) is 13.2 Å². The monoisotopic (exact) mass is 1110 g/mol. The molecule has 0 bridgehead atoms. The highest BCUT2D eigenvalue weighted by molar-refractivity contribution is 5.72. The average Bonchev–Trinajstić information content (AvgIpc) is 3.47. The molecule has 0 aliphatic carbocycles. The van der Waals surface area contributed by atoms with Crippen LogP contribution in [0.4, 0.5) is 0 Å². The third-order valence-corrected chi connectivity index (χ3v) is 12.3. The highest BCUT2D eigenvalue weighted by Crippen LogP contribution is 2.13. The van der Waals surface area contributed by atoms with Crippen molar-refractivity contribution in [3.05, 3.63) is 207 Å². The van der Waals surface area contributed by atoms with E-state index in [1.54, 1.807) is 6.08 Å². The minimum atomic E-state index is -0.866. The molecular formula is C75H112O6. The fourth-order valence-electron chi connectivity index (χ4n) is 7.70. The summed E-state index contributed by atoms with van der Waals surface area (Å²) >= 11 is 0. The summed E-state index contributed by atoms with van der Waals surface area (Å²) in [6, 6.07) is 0. The van der Waals surface area contributed by atoms with Gasteiger partial charge in [-0.05, 0) is 148 Å². The second-order valence-corrected chi connectivity index (χ2v) is 19.8. The van der Waals surface area contributed by atoms with Crippen LogP contribution in [-0.2, 0) is 28.6 Å². The van der Waals surface area contributed by atoms with Crippen LogP contribution >= 0.6 is 0 Å². The molecule has 0 fully saturated rings. The molecule has 6 heteroatoms. The van der Waals surface area contributed by atoms with Gasteiger partial charge in [-0.25, -0.2) is 0 Å². The first-order chi connectivity index (χ1) is 40.0. The summed E-state index contributed by atoms with van der Waals surface area (Å²) in [5, 5.41) is 0. The zero-order valence-electron chi connectivity index (χ0n) is 51.2. The van der Waals surface area contributed by atoms with Crippen LogP contribution in [0.25, 0.3) is 0 Å². The third-order valence-electron chi connectivity index (χ3n) is 12.3. The Balaban J connectivity index is 4.43. The summed E-state index contributed by atoms with van der Waals surface area (Å²) in [6.45, 7) is 6.14. The van der Waals surface area contributed by atoms with Crippen molar-refractivity contribution >= 4 is 17.9 Å². The van der Waals surface area contributed by atoms with Crippen LogP contribution in [0.5, 0.6) is 0 Å². The van der Waals surface area contributed by atoms with Crippen molar-refractivity contribution in [1.82, 2.24) is 0 Å². The molecule has 81 heavy (non-hydrogen) atoms. The van der Waals surface area contributed by atoms with Gasteiger partial charge in [-0.1, -0.05) is 266 Å². The number of allylic oxidation sites excluding steroid dienone is 33. The number of carbonyl (C=O) groups excluding carboxylic acids is 3. The molecule has 0 aromatic heterocycles. The number of hydrogen-bond acceptors (Lipinski definition) is 6. The predicted octanol–water partition coefficient (Wildman–Crippen LogP) is 22.0. The molecule has 0 aromatic carbocycles. The zero-order chi connectivity index (χ0) is 58.5. The fraction of sp³-hybridized carbons (Fsp3) is 0.507. The molecule has 0 aliphatic heterocycles. The third kappa shape index (κ3) is 64.7. The molecule has 0 aromatic rings. The predicted molar refractivity (Wildman–Crippen MR) is 352 cm³/mol. The Kier molecular flexibility index (Phi) is 61.6. The quantitative estimate of drug-likeness (QED) is 0.0261. The number of ether oxygens (including phenoxy) is 3. The zero-order valence-corrected chi connectivity index (χ0v) is 51.2. The van der Waals surface area contributed by atoms with Crippen molar-refractivity contribution in [1.29, 1.82) is 0 Å². The van der Waals surface area contributed by atoms with Crippen molar-refractivity contribution < 1.29 is 28.6 Å². The molecule has 0 spiro atoms. The van der Waals surface area contributed by atoms with Gasteiger partial charge in [0.15, 0.2) is 6.10 Å². The number of hydrogen-bond donors (Lipinski definition) is 0. The van der Waals surface area contributed by atoms with Crippen LogP contribution in [0.1, 0.15) is 226 Å². The maximum absolute atomic E-state index is 12.8. The normalized spacial score (nSPS) is 13.6. The van der Waals surface area contributed by atoms with Crippen LogP contribution in [0.15, 0.2) is 207 Å². The van der Waals surface area contributed by atoms with E-state index >= 15 is 0 Å². The van der Waals surface area contributed by atoms with Gasteiger partial charge in [-0.3, -0.25) is 14.4 Å². The highest BCUT2D eigenvalue weighted by Gasteiger charge is 2.19. The van der Waals surface area contributed by atoms with Gasteiger partial charge in [0, 0.05) is 12.8 Å². The van der Waals surface area contributed by atoms with Crippen molar-refractivity contribution in [2.45, 2.75) is 232 Å². The van der Waals surface area contributed by atoms with Crippen molar-refractivity contribution in [3.63, 3.8) is 0 Å². The van der Waals surface area contributed by atoms with E-state index in [4.69, 9.17) is 14.2 Å². The summed E-state index contributed by atoms with van der Waals surface area (Å²) in [4.78, 5) is 38.2. The summed E-state index contributed by atoms with van der Waals surface area (Å²) in [6.07, 6.45) is 103. The molecule has 1 unspecified atom stereocenters. The standard InChI is InChI=1S/C75H112O6/c1-4-7-10-13-16-19-22-25-28-29-30-31-32-33-34-35-36-37-38-39-40-41-42-43-44-45-48-50-53-56-59-62-65-68-74(77)80-71-72(81-75(78)69-66-63-60-57-54-51-47-27-24-21-18-15-12-9-6-3)70-79-73(76)67-64-61-58-55-52-49-46-26-23-20-17-14-11-8-5-2/h7-12,16-21,25-28,30-31,33-34,36-37,39-40,42-43,46-47,52,54-55,57,63,66,72H,4-6,13-15,22-24,29,32,35,38,41,44-45,48-51,53,56,58-62,64-65,67-71H2,1-3H3/b10-7-,11-8-,12-9-,19-16-,20-17-,21-18-,28-25-,31-30-,34-33-,37-36-,40-39-,43-42-,46-26-,47-27-,55-52-,57-54-,66-63-. The van der Waals surface area contributed by atoms with Gasteiger partial charge >= 0.3 is 17.9 Å². The second-order valence-electron chi connectivity index (χ2n) is 19.8. The average molecular weight is 1110 g/mol. The van der Waals surface area contributed by atoms with E-state index in [1.807, 2.05) is 6.08 Å². The summed E-state index contributed by atoms with van der Waals surface area (Å²) in [5.74, 6) is -1.14. The van der Waals surface area contributed by atoms with Crippen molar-refractivity contribution in [2.24, 2.45) is 0 Å².